The Balaban J connectivity index is 1.37. The number of hydrogen-bond acceptors (Lipinski definition) is 8. The van der Waals surface area contributed by atoms with Crippen molar-refractivity contribution in [3.05, 3.63) is 82.9 Å². The number of sulfonamides is 1. The Hall–Kier alpha value is -4.30. The van der Waals surface area contributed by atoms with Crippen LogP contribution in [0, 0.1) is 6.92 Å². The highest BCUT2D eigenvalue weighted by Gasteiger charge is 2.25. The van der Waals surface area contributed by atoms with E-state index in [-0.39, 0.29) is 28.9 Å². The van der Waals surface area contributed by atoms with Gasteiger partial charge >= 0.3 is 0 Å². The van der Waals surface area contributed by atoms with E-state index in [1.807, 2.05) is 24.0 Å². The molecule has 49 heavy (non-hydrogen) atoms. The number of rotatable bonds is 15. The van der Waals surface area contributed by atoms with Crippen LogP contribution in [0.25, 0.3) is 0 Å². The molecule has 3 amide bonds. The third-order valence-corrected chi connectivity index (χ3v) is 10.2. The number of carbonyl (C=O) groups is 3. The molecular weight excluding hydrogens is 646 g/mol. The van der Waals surface area contributed by atoms with Crippen LogP contribution in [-0.2, 0) is 26.2 Å². The molecule has 1 heterocycles. The van der Waals surface area contributed by atoms with Gasteiger partial charge in [-0.15, -0.1) is 0 Å². The molecule has 0 atom stereocenters. The lowest BCUT2D eigenvalue weighted by molar-refractivity contribution is -0.132. The molecule has 0 aliphatic carbocycles. The quantitative estimate of drug-likeness (QED) is 0.220. The second-order valence-electron chi connectivity index (χ2n) is 12.3. The van der Waals surface area contributed by atoms with Crippen molar-refractivity contribution in [2.24, 2.45) is 0 Å². The monoisotopic (exact) mass is 693 g/mol. The van der Waals surface area contributed by atoms with Gasteiger partial charge in [0.05, 0.1) is 29.4 Å². The molecule has 12 nitrogen and oxygen atoms in total. The minimum absolute atomic E-state index is 0.00701. The van der Waals surface area contributed by atoms with Gasteiger partial charge in [-0.2, -0.15) is 0 Å². The highest BCUT2D eigenvalue weighted by atomic mass is 32.2. The number of nitrogens with zero attached hydrogens (tertiary/aromatic N) is 3. The summed E-state index contributed by atoms with van der Waals surface area (Å²) in [6, 6.07) is 16.3. The number of unbranched alkanes of at least 4 members (excludes halogenated alkanes) is 2. The standard InChI is InChI=1S/C36H47N5O7S/c1-26-14-16-31(32(23-26)48-22-10-6-7-13-34(42)41-20-18-40(4)19-21-41)38-35(43)27-15-17-30(28(24-27)25-47-5)37-36(44)29-11-8-9-12-33(29)49(45,46)39(2)3/h8-9,11-12,14-17,23-24H,6-7,10,13,18-22,25H2,1-5H3,(H,37,44)(H,38,43). The summed E-state index contributed by atoms with van der Waals surface area (Å²) >= 11 is 0. The van der Waals surface area contributed by atoms with Gasteiger partial charge < -0.3 is 29.9 Å². The summed E-state index contributed by atoms with van der Waals surface area (Å²) in [6.45, 7) is 5.88. The van der Waals surface area contributed by atoms with Crippen LogP contribution in [0.3, 0.4) is 0 Å². The van der Waals surface area contributed by atoms with Gasteiger partial charge in [-0.3, -0.25) is 14.4 Å². The van der Waals surface area contributed by atoms with Crippen LogP contribution in [0.4, 0.5) is 11.4 Å². The van der Waals surface area contributed by atoms with E-state index >= 15 is 0 Å². The molecule has 0 spiro atoms. The molecule has 0 radical (unpaired) electrons. The first-order chi connectivity index (χ1) is 23.4. The van der Waals surface area contributed by atoms with Crippen LogP contribution in [0.1, 0.15) is 57.5 Å². The first-order valence-corrected chi connectivity index (χ1v) is 17.8. The van der Waals surface area contributed by atoms with E-state index in [9.17, 15) is 22.8 Å². The second kappa shape index (κ2) is 17.4. The number of aryl methyl sites for hydroxylation is 1. The Morgan fingerprint density at radius 1 is 0.857 bits per heavy atom. The van der Waals surface area contributed by atoms with E-state index in [1.165, 1.54) is 33.3 Å². The highest BCUT2D eigenvalue weighted by Crippen LogP contribution is 2.28. The van der Waals surface area contributed by atoms with Crippen LogP contribution in [0.15, 0.2) is 65.6 Å². The molecule has 3 aromatic carbocycles. The van der Waals surface area contributed by atoms with Crippen LogP contribution in [-0.4, -0.2) is 101 Å². The molecule has 13 heteroatoms. The first kappa shape index (κ1) is 37.5. The fourth-order valence-electron chi connectivity index (χ4n) is 5.40. The van der Waals surface area contributed by atoms with Gasteiger partial charge in [0.25, 0.3) is 11.8 Å². The molecule has 264 valence electrons. The van der Waals surface area contributed by atoms with Gasteiger partial charge in [0.1, 0.15) is 5.75 Å². The summed E-state index contributed by atoms with van der Waals surface area (Å²) in [7, 11) is 2.50. The van der Waals surface area contributed by atoms with Gasteiger partial charge in [0.2, 0.25) is 15.9 Å². The zero-order valence-corrected chi connectivity index (χ0v) is 29.8. The van der Waals surface area contributed by atoms with Crippen LogP contribution >= 0.6 is 0 Å². The summed E-state index contributed by atoms with van der Waals surface area (Å²) in [5, 5.41) is 5.71. The lowest BCUT2D eigenvalue weighted by Crippen LogP contribution is -2.47. The van der Waals surface area contributed by atoms with Crippen molar-refractivity contribution in [3.63, 3.8) is 0 Å². The molecular formula is C36H47N5O7S. The summed E-state index contributed by atoms with van der Waals surface area (Å²) in [6.07, 6.45) is 2.97. The molecule has 1 aliphatic rings. The lowest BCUT2D eigenvalue weighted by atomic mass is 10.1. The highest BCUT2D eigenvalue weighted by molar-refractivity contribution is 7.89. The van der Waals surface area contributed by atoms with E-state index in [1.54, 1.807) is 36.4 Å². The number of likely N-dealkylation sites (N-methyl/N-ethyl adjacent to an activating group) is 1. The van der Waals surface area contributed by atoms with Crippen molar-refractivity contribution in [1.29, 1.82) is 0 Å². The Morgan fingerprint density at radius 2 is 1.55 bits per heavy atom. The van der Waals surface area contributed by atoms with E-state index in [4.69, 9.17) is 9.47 Å². The van der Waals surface area contributed by atoms with Crippen molar-refractivity contribution < 1.29 is 32.3 Å². The lowest BCUT2D eigenvalue weighted by Gasteiger charge is -2.32. The van der Waals surface area contributed by atoms with Crippen molar-refractivity contribution in [3.8, 4) is 5.75 Å². The molecule has 0 saturated carbocycles. The summed E-state index contributed by atoms with van der Waals surface area (Å²) < 4.78 is 38.1. The molecule has 1 saturated heterocycles. The van der Waals surface area contributed by atoms with Crippen molar-refractivity contribution in [1.82, 2.24) is 14.1 Å². The minimum atomic E-state index is -3.87. The fraction of sp³-hybridized carbons (Fsp3) is 0.417. The molecule has 0 aromatic heterocycles. The van der Waals surface area contributed by atoms with Crippen molar-refractivity contribution in [2.45, 2.75) is 44.1 Å². The summed E-state index contributed by atoms with van der Waals surface area (Å²) in [4.78, 5) is 43.2. The molecule has 0 bridgehead atoms. The number of hydrogen-bond donors (Lipinski definition) is 2. The van der Waals surface area contributed by atoms with E-state index in [0.29, 0.717) is 41.3 Å². The number of benzene rings is 3. The molecule has 4 rings (SSSR count). The maximum absolute atomic E-state index is 13.4. The third kappa shape index (κ3) is 10.1. The minimum Gasteiger partial charge on any atom is -0.491 e. The van der Waals surface area contributed by atoms with E-state index < -0.39 is 15.9 Å². The maximum atomic E-state index is 13.4. The van der Waals surface area contributed by atoms with Gasteiger partial charge in [0, 0.05) is 70.6 Å². The van der Waals surface area contributed by atoms with E-state index in [2.05, 4.69) is 22.6 Å². The number of piperazine rings is 1. The number of ether oxygens (including phenoxy) is 2. The molecule has 2 N–H and O–H groups in total. The van der Waals surface area contributed by atoms with Gasteiger partial charge in [-0.1, -0.05) is 18.2 Å². The number of methoxy groups -OCH3 is 1. The average molecular weight is 694 g/mol. The fourth-order valence-corrected chi connectivity index (χ4v) is 6.48. The summed E-state index contributed by atoms with van der Waals surface area (Å²) in [5.74, 6) is -0.232. The SMILES string of the molecule is COCc1cc(C(=O)Nc2ccc(C)cc2OCCCCCC(=O)N2CCN(C)CC2)ccc1NC(=O)c1ccccc1S(=O)(=O)N(C)C. The Kier molecular flexibility index (Phi) is 13.3. The Labute approximate surface area is 289 Å². The zero-order chi connectivity index (χ0) is 35.6. The van der Waals surface area contributed by atoms with Crippen molar-refractivity contribution in [2.75, 3.05) is 71.7 Å². The number of amides is 3. The van der Waals surface area contributed by atoms with Crippen molar-refractivity contribution >= 4 is 39.1 Å². The van der Waals surface area contributed by atoms with Crippen LogP contribution < -0.4 is 15.4 Å². The molecule has 1 fully saturated rings. The normalized spacial score (nSPS) is 13.7. The Bertz CT molecular complexity index is 1740. The zero-order valence-electron chi connectivity index (χ0n) is 29.0. The second-order valence-corrected chi connectivity index (χ2v) is 14.5. The topological polar surface area (TPSA) is 138 Å². The Morgan fingerprint density at radius 3 is 2.27 bits per heavy atom. The molecule has 3 aromatic rings. The molecule has 0 unspecified atom stereocenters. The molecule has 1 aliphatic heterocycles. The largest absolute Gasteiger partial charge is 0.491 e. The average Bonchev–Trinajstić information content (AvgIpc) is 3.08. The van der Waals surface area contributed by atoms with Gasteiger partial charge in [0.15, 0.2) is 0 Å². The van der Waals surface area contributed by atoms with Crippen LogP contribution in [0.2, 0.25) is 0 Å². The number of carbonyl (C=O) groups excluding carboxylic acids is 3. The predicted octanol–water partition coefficient (Wildman–Crippen LogP) is 4.61. The van der Waals surface area contributed by atoms with Crippen LogP contribution in [0.5, 0.6) is 5.75 Å². The maximum Gasteiger partial charge on any atom is 0.257 e. The third-order valence-electron chi connectivity index (χ3n) is 8.34. The predicted molar refractivity (Wildman–Crippen MR) is 190 cm³/mol. The van der Waals surface area contributed by atoms with E-state index in [0.717, 1.165) is 55.3 Å². The van der Waals surface area contributed by atoms with Gasteiger partial charge in [-0.25, -0.2) is 12.7 Å². The summed E-state index contributed by atoms with van der Waals surface area (Å²) in [5.41, 5.74) is 2.73. The number of nitrogens with one attached hydrogen (secondary N) is 2. The van der Waals surface area contributed by atoms with Gasteiger partial charge in [-0.05, 0) is 81.3 Å². The first-order valence-electron chi connectivity index (χ1n) is 16.4. The smallest absolute Gasteiger partial charge is 0.257 e. The number of anilines is 2.